The summed E-state index contributed by atoms with van der Waals surface area (Å²) in [5, 5.41) is 11.7. The van der Waals surface area contributed by atoms with E-state index in [0.29, 0.717) is 18.7 Å². The Balaban J connectivity index is 2.08. The van der Waals surface area contributed by atoms with E-state index in [4.69, 9.17) is 5.26 Å². The summed E-state index contributed by atoms with van der Waals surface area (Å²) in [7, 11) is 0. The first-order valence-corrected chi connectivity index (χ1v) is 5.32. The number of nitrogens with one attached hydrogen (secondary N) is 1. The molecule has 82 valence electrons. The van der Waals surface area contributed by atoms with Crippen molar-refractivity contribution >= 4 is 11.7 Å². The highest BCUT2D eigenvalue weighted by atomic mass is 16.2. The summed E-state index contributed by atoms with van der Waals surface area (Å²) in [6.45, 7) is 1.93. The lowest BCUT2D eigenvalue weighted by atomic mass is 9.69. The molecule has 0 aliphatic heterocycles. The SMILES string of the molecule is Cc1ccc(NC(=O)C2(C#N)CCC2)nc1. The zero-order valence-electron chi connectivity index (χ0n) is 9.16. The molecule has 1 fully saturated rings. The first-order chi connectivity index (χ1) is 7.66. The van der Waals surface area contributed by atoms with E-state index in [2.05, 4.69) is 16.4 Å². The molecule has 0 unspecified atom stereocenters. The van der Waals surface area contributed by atoms with Crippen molar-refractivity contribution < 1.29 is 4.79 Å². The molecule has 0 saturated heterocycles. The highest BCUT2D eigenvalue weighted by molar-refractivity contribution is 5.97. The Morgan fingerprint density at radius 2 is 2.31 bits per heavy atom. The predicted molar refractivity (Wildman–Crippen MR) is 59.5 cm³/mol. The standard InChI is InChI=1S/C12H13N3O/c1-9-3-4-10(14-7-9)15-11(16)12(8-13)5-2-6-12/h3-4,7H,2,5-6H2,1H3,(H,14,15,16). The summed E-state index contributed by atoms with van der Waals surface area (Å²) in [4.78, 5) is 15.9. The van der Waals surface area contributed by atoms with Crippen molar-refractivity contribution in [3.63, 3.8) is 0 Å². The number of nitriles is 1. The maximum atomic E-state index is 11.9. The minimum atomic E-state index is -0.813. The van der Waals surface area contributed by atoms with Crippen LogP contribution in [0.3, 0.4) is 0 Å². The van der Waals surface area contributed by atoms with E-state index in [1.807, 2.05) is 13.0 Å². The molecule has 0 bridgehead atoms. The molecule has 1 saturated carbocycles. The number of carbonyl (C=O) groups excluding carboxylic acids is 1. The van der Waals surface area contributed by atoms with E-state index >= 15 is 0 Å². The molecular weight excluding hydrogens is 202 g/mol. The highest BCUT2D eigenvalue weighted by Gasteiger charge is 2.44. The van der Waals surface area contributed by atoms with Gasteiger partial charge in [0, 0.05) is 6.20 Å². The molecule has 1 heterocycles. The zero-order valence-corrected chi connectivity index (χ0v) is 9.16. The number of pyridine rings is 1. The van der Waals surface area contributed by atoms with Gasteiger partial charge in [0.1, 0.15) is 11.2 Å². The van der Waals surface area contributed by atoms with Gasteiger partial charge in [-0.3, -0.25) is 4.79 Å². The van der Waals surface area contributed by atoms with Crippen LogP contribution >= 0.6 is 0 Å². The molecule has 16 heavy (non-hydrogen) atoms. The van der Waals surface area contributed by atoms with Crippen LogP contribution in [-0.2, 0) is 4.79 Å². The van der Waals surface area contributed by atoms with Crippen LogP contribution in [0.2, 0.25) is 0 Å². The van der Waals surface area contributed by atoms with E-state index in [-0.39, 0.29) is 5.91 Å². The summed E-state index contributed by atoms with van der Waals surface area (Å²) < 4.78 is 0. The second-order valence-corrected chi connectivity index (χ2v) is 4.22. The molecule has 1 aromatic heterocycles. The van der Waals surface area contributed by atoms with Crippen molar-refractivity contribution in [3.05, 3.63) is 23.9 Å². The maximum absolute atomic E-state index is 11.9. The van der Waals surface area contributed by atoms with Crippen LogP contribution in [0.1, 0.15) is 24.8 Å². The summed E-state index contributed by atoms with van der Waals surface area (Å²) in [5.41, 5.74) is 0.226. The van der Waals surface area contributed by atoms with Crippen LogP contribution in [-0.4, -0.2) is 10.9 Å². The third-order valence-corrected chi connectivity index (χ3v) is 3.01. The monoisotopic (exact) mass is 215 g/mol. The van der Waals surface area contributed by atoms with Crippen LogP contribution in [0, 0.1) is 23.7 Å². The predicted octanol–water partition coefficient (Wildman–Crippen LogP) is 2.02. The van der Waals surface area contributed by atoms with Gasteiger partial charge < -0.3 is 5.32 Å². The Kier molecular flexibility index (Phi) is 2.61. The number of nitrogens with zero attached hydrogens (tertiary/aromatic N) is 2. The second-order valence-electron chi connectivity index (χ2n) is 4.22. The van der Waals surface area contributed by atoms with Crippen LogP contribution in [0.4, 0.5) is 5.82 Å². The fraction of sp³-hybridized carbons (Fsp3) is 0.417. The van der Waals surface area contributed by atoms with Crippen LogP contribution in [0.15, 0.2) is 18.3 Å². The van der Waals surface area contributed by atoms with Gasteiger partial charge in [0.05, 0.1) is 6.07 Å². The Morgan fingerprint density at radius 3 is 2.75 bits per heavy atom. The second kappa shape index (κ2) is 3.93. The van der Waals surface area contributed by atoms with Gasteiger partial charge in [-0.25, -0.2) is 4.98 Å². The molecule has 0 radical (unpaired) electrons. The van der Waals surface area contributed by atoms with Crippen molar-refractivity contribution in [2.45, 2.75) is 26.2 Å². The number of amides is 1. The Bertz CT molecular complexity index is 440. The van der Waals surface area contributed by atoms with Gasteiger partial charge in [-0.1, -0.05) is 6.07 Å². The molecule has 2 rings (SSSR count). The summed E-state index contributed by atoms with van der Waals surface area (Å²) >= 11 is 0. The molecular formula is C12H13N3O. The van der Waals surface area contributed by atoms with E-state index < -0.39 is 5.41 Å². The topological polar surface area (TPSA) is 65.8 Å². The lowest BCUT2D eigenvalue weighted by Gasteiger charge is -2.33. The lowest BCUT2D eigenvalue weighted by Crippen LogP contribution is -2.40. The Labute approximate surface area is 94.3 Å². The van der Waals surface area contributed by atoms with Gasteiger partial charge >= 0.3 is 0 Å². The smallest absolute Gasteiger partial charge is 0.246 e. The van der Waals surface area contributed by atoms with Gasteiger partial charge in [0.2, 0.25) is 5.91 Å². The maximum Gasteiger partial charge on any atom is 0.246 e. The van der Waals surface area contributed by atoms with Crippen molar-refractivity contribution in [3.8, 4) is 6.07 Å². The fourth-order valence-corrected chi connectivity index (χ4v) is 1.70. The normalized spacial score (nSPS) is 17.0. The number of hydrogen-bond donors (Lipinski definition) is 1. The summed E-state index contributed by atoms with van der Waals surface area (Å²) in [6, 6.07) is 5.73. The van der Waals surface area contributed by atoms with Gasteiger partial charge in [0.25, 0.3) is 0 Å². The van der Waals surface area contributed by atoms with E-state index in [1.165, 1.54) is 0 Å². The number of anilines is 1. The van der Waals surface area contributed by atoms with Crippen molar-refractivity contribution in [2.24, 2.45) is 5.41 Å². The lowest BCUT2D eigenvalue weighted by molar-refractivity contribution is -0.126. The van der Waals surface area contributed by atoms with Crippen LogP contribution in [0.5, 0.6) is 0 Å². The quantitative estimate of drug-likeness (QED) is 0.820. The van der Waals surface area contributed by atoms with Crippen molar-refractivity contribution in [1.82, 2.24) is 4.98 Å². The largest absolute Gasteiger partial charge is 0.309 e. The van der Waals surface area contributed by atoms with Gasteiger partial charge in [-0.2, -0.15) is 5.26 Å². The molecule has 1 aromatic rings. The number of aromatic nitrogens is 1. The number of aryl methyl sites for hydroxylation is 1. The van der Waals surface area contributed by atoms with E-state index in [1.54, 1.807) is 12.3 Å². The molecule has 4 heteroatoms. The van der Waals surface area contributed by atoms with Crippen molar-refractivity contribution in [2.75, 3.05) is 5.32 Å². The molecule has 0 spiro atoms. The van der Waals surface area contributed by atoms with Gasteiger partial charge in [-0.05, 0) is 37.8 Å². The van der Waals surface area contributed by atoms with Crippen LogP contribution < -0.4 is 5.32 Å². The third kappa shape index (κ3) is 1.76. The van der Waals surface area contributed by atoms with E-state index in [9.17, 15) is 4.79 Å². The Hall–Kier alpha value is -1.89. The average molecular weight is 215 g/mol. The molecule has 4 nitrogen and oxygen atoms in total. The summed E-state index contributed by atoms with van der Waals surface area (Å²) in [6.07, 6.45) is 3.94. The fourth-order valence-electron chi connectivity index (χ4n) is 1.70. The molecule has 1 N–H and O–H groups in total. The molecule has 1 amide bonds. The average Bonchev–Trinajstić information content (AvgIpc) is 2.21. The molecule has 1 aliphatic rings. The molecule has 0 aromatic carbocycles. The minimum absolute atomic E-state index is 0.224. The van der Waals surface area contributed by atoms with Crippen LogP contribution in [0.25, 0.3) is 0 Å². The van der Waals surface area contributed by atoms with Crippen molar-refractivity contribution in [1.29, 1.82) is 5.26 Å². The van der Waals surface area contributed by atoms with Gasteiger partial charge in [0.15, 0.2) is 0 Å². The molecule has 0 atom stereocenters. The first kappa shape index (κ1) is 10.6. The number of hydrogen-bond acceptors (Lipinski definition) is 3. The summed E-state index contributed by atoms with van der Waals surface area (Å²) in [5.74, 6) is 0.287. The zero-order chi connectivity index (χ0) is 11.6. The third-order valence-electron chi connectivity index (χ3n) is 3.01. The molecule has 1 aliphatic carbocycles. The number of rotatable bonds is 2. The number of carbonyl (C=O) groups is 1. The minimum Gasteiger partial charge on any atom is -0.309 e. The Morgan fingerprint density at radius 1 is 1.56 bits per heavy atom. The highest BCUT2D eigenvalue weighted by Crippen LogP contribution is 2.40. The van der Waals surface area contributed by atoms with Gasteiger partial charge in [-0.15, -0.1) is 0 Å². The van der Waals surface area contributed by atoms with E-state index in [0.717, 1.165) is 12.0 Å². The first-order valence-electron chi connectivity index (χ1n) is 5.32.